The normalized spacial score (nSPS) is 17.0. The molecule has 0 bridgehead atoms. The second-order valence-electron chi connectivity index (χ2n) is 7.09. The third-order valence-electron chi connectivity index (χ3n) is 4.80. The third-order valence-corrected chi connectivity index (χ3v) is 5.30. The highest BCUT2D eigenvalue weighted by Crippen LogP contribution is 2.22. The number of halogens is 2. The smallest absolute Gasteiger partial charge is 0.262 e. The van der Waals surface area contributed by atoms with Crippen molar-refractivity contribution < 1.29 is 18.7 Å². The lowest BCUT2D eigenvalue weighted by atomic mass is 9.97. The van der Waals surface area contributed by atoms with Crippen molar-refractivity contribution in [1.29, 1.82) is 0 Å². The van der Waals surface area contributed by atoms with E-state index in [2.05, 4.69) is 26.1 Å². The molecule has 0 aliphatic carbocycles. The van der Waals surface area contributed by atoms with Gasteiger partial charge in [0.25, 0.3) is 5.91 Å². The van der Waals surface area contributed by atoms with E-state index in [1.807, 2.05) is 24.3 Å². The lowest BCUT2D eigenvalue weighted by Crippen LogP contribution is -2.40. The maximum atomic E-state index is 13.7. The molecule has 8 heteroatoms. The van der Waals surface area contributed by atoms with Gasteiger partial charge in [-0.3, -0.25) is 14.5 Å². The maximum Gasteiger partial charge on any atom is 0.262 e. The summed E-state index contributed by atoms with van der Waals surface area (Å²) in [6.45, 7) is 2.05. The lowest BCUT2D eigenvalue weighted by Gasteiger charge is -2.31. The highest BCUT2D eigenvalue weighted by atomic mass is 79.9. The molecular weight excluding hydrogens is 441 g/mol. The molecule has 2 amide bonds. The Morgan fingerprint density at radius 2 is 2.00 bits per heavy atom. The number of nitrogens with one attached hydrogen (secondary N) is 1. The number of likely N-dealkylation sites (tertiary alicyclic amines) is 1. The van der Waals surface area contributed by atoms with Crippen molar-refractivity contribution in [3.63, 3.8) is 0 Å². The highest BCUT2D eigenvalue weighted by molar-refractivity contribution is 9.10. The Bertz CT molecular complexity index is 876. The van der Waals surface area contributed by atoms with Gasteiger partial charge in [-0.2, -0.15) is 0 Å². The summed E-state index contributed by atoms with van der Waals surface area (Å²) in [5.41, 5.74) is 7.14. The van der Waals surface area contributed by atoms with E-state index >= 15 is 0 Å². The predicted octanol–water partition coefficient (Wildman–Crippen LogP) is 3.30. The molecule has 154 valence electrons. The Morgan fingerprint density at radius 3 is 2.69 bits per heavy atom. The molecule has 0 spiro atoms. The van der Waals surface area contributed by atoms with Crippen molar-refractivity contribution in [2.45, 2.75) is 19.4 Å². The first kappa shape index (κ1) is 21.3. The molecule has 1 aliphatic rings. The first-order chi connectivity index (χ1) is 13.9. The number of amides is 2. The van der Waals surface area contributed by atoms with Gasteiger partial charge in [-0.25, -0.2) is 4.39 Å². The number of piperidine rings is 1. The van der Waals surface area contributed by atoms with Gasteiger partial charge in [0.1, 0.15) is 0 Å². The number of carbonyl (C=O) groups is 2. The second-order valence-corrected chi connectivity index (χ2v) is 8.00. The maximum absolute atomic E-state index is 13.7. The van der Waals surface area contributed by atoms with E-state index in [1.165, 1.54) is 12.1 Å². The number of anilines is 1. The number of nitrogens with zero attached hydrogens (tertiary/aromatic N) is 1. The highest BCUT2D eigenvalue weighted by Gasteiger charge is 2.23. The Kier molecular flexibility index (Phi) is 7.22. The van der Waals surface area contributed by atoms with E-state index in [9.17, 15) is 14.0 Å². The summed E-state index contributed by atoms with van der Waals surface area (Å²) in [5, 5.41) is 2.73. The van der Waals surface area contributed by atoms with Crippen LogP contribution in [0, 0.1) is 11.7 Å². The van der Waals surface area contributed by atoms with Crippen molar-refractivity contribution in [3.05, 3.63) is 58.3 Å². The molecule has 1 aliphatic heterocycles. The minimum Gasteiger partial charge on any atom is -0.481 e. The Hall–Kier alpha value is -2.45. The molecule has 1 atom stereocenters. The van der Waals surface area contributed by atoms with Crippen LogP contribution >= 0.6 is 15.9 Å². The minimum atomic E-state index is -0.534. The number of primary amides is 1. The van der Waals surface area contributed by atoms with Crippen LogP contribution in [0.15, 0.2) is 46.9 Å². The average molecular weight is 464 g/mol. The van der Waals surface area contributed by atoms with Crippen LogP contribution in [0.5, 0.6) is 5.75 Å². The molecule has 3 N–H and O–H groups in total. The molecule has 0 saturated carbocycles. The van der Waals surface area contributed by atoms with Gasteiger partial charge in [-0.1, -0.05) is 28.1 Å². The average Bonchev–Trinajstić information content (AvgIpc) is 2.69. The first-order valence-electron chi connectivity index (χ1n) is 9.39. The van der Waals surface area contributed by atoms with Crippen LogP contribution in [0.2, 0.25) is 0 Å². The number of rotatable bonds is 7. The van der Waals surface area contributed by atoms with Crippen molar-refractivity contribution in [1.82, 2.24) is 4.90 Å². The fraction of sp³-hybridized carbons (Fsp3) is 0.333. The molecule has 0 aromatic heterocycles. The quantitative estimate of drug-likeness (QED) is 0.659. The molecule has 1 fully saturated rings. The van der Waals surface area contributed by atoms with Gasteiger partial charge >= 0.3 is 0 Å². The lowest BCUT2D eigenvalue weighted by molar-refractivity contribution is -0.123. The number of hydrogen-bond acceptors (Lipinski definition) is 4. The summed E-state index contributed by atoms with van der Waals surface area (Å²) in [4.78, 5) is 25.7. The van der Waals surface area contributed by atoms with Gasteiger partial charge in [0.05, 0.1) is 5.92 Å². The molecule has 2 aromatic carbocycles. The van der Waals surface area contributed by atoms with Gasteiger partial charge in [-0.15, -0.1) is 0 Å². The summed E-state index contributed by atoms with van der Waals surface area (Å²) in [5.74, 6) is -1.21. The molecule has 6 nitrogen and oxygen atoms in total. The van der Waals surface area contributed by atoms with E-state index in [0.29, 0.717) is 16.7 Å². The van der Waals surface area contributed by atoms with Crippen LogP contribution in [0.25, 0.3) is 0 Å². The predicted molar refractivity (Wildman–Crippen MR) is 112 cm³/mol. The number of nitrogens with two attached hydrogens (primary N) is 1. The number of hydrogen-bond donors (Lipinski definition) is 2. The molecule has 2 aromatic rings. The molecular formula is C21H23BrFN3O3. The molecule has 29 heavy (non-hydrogen) atoms. The van der Waals surface area contributed by atoms with E-state index < -0.39 is 5.82 Å². The first-order valence-corrected chi connectivity index (χ1v) is 10.2. The zero-order chi connectivity index (χ0) is 20.8. The van der Waals surface area contributed by atoms with Crippen LogP contribution in [0.4, 0.5) is 10.1 Å². The van der Waals surface area contributed by atoms with Crippen LogP contribution in [-0.4, -0.2) is 36.4 Å². The van der Waals surface area contributed by atoms with Gasteiger partial charge in [0.2, 0.25) is 5.91 Å². The zero-order valence-corrected chi connectivity index (χ0v) is 17.5. The topological polar surface area (TPSA) is 84.7 Å². The summed E-state index contributed by atoms with van der Waals surface area (Å²) in [6, 6.07) is 11.9. The fourth-order valence-corrected chi connectivity index (χ4v) is 3.65. The standard InChI is InChI=1S/C21H23BrFN3O3/c22-16-5-8-19(18(23)10-16)29-13-20(27)25-17-6-3-14(4-7-17)11-26-9-1-2-15(12-26)21(24)28/h3-8,10,15H,1-2,9,11-13H2,(H2,24,28)(H,25,27). The van der Waals surface area contributed by atoms with E-state index in [0.717, 1.165) is 31.5 Å². The van der Waals surface area contributed by atoms with Crippen molar-refractivity contribution in [2.24, 2.45) is 11.7 Å². The summed E-state index contributed by atoms with van der Waals surface area (Å²) in [7, 11) is 0. The van der Waals surface area contributed by atoms with Crippen LogP contribution in [-0.2, 0) is 16.1 Å². The van der Waals surface area contributed by atoms with Gasteiger partial charge in [-0.05, 0) is 55.3 Å². The summed E-state index contributed by atoms with van der Waals surface area (Å²) < 4.78 is 19.5. The largest absolute Gasteiger partial charge is 0.481 e. The van der Waals surface area contributed by atoms with E-state index in [4.69, 9.17) is 10.5 Å². The molecule has 1 unspecified atom stereocenters. The monoisotopic (exact) mass is 463 g/mol. The van der Waals surface area contributed by atoms with E-state index in [1.54, 1.807) is 6.07 Å². The summed E-state index contributed by atoms with van der Waals surface area (Å²) >= 11 is 3.17. The Balaban J connectivity index is 1.48. The van der Waals surface area contributed by atoms with Crippen LogP contribution in [0.3, 0.4) is 0 Å². The van der Waals surface area contributed by atoms with Crippen molar-refractivity contribution >= 4 is 33.4 Å². The van der Waals surface area contributed by atoms with Gasteiger partial charge in [0, 0.05) is 23.2 Å². The Labute approximate surface area is 177 Å². The number of benzene rings is 2. The molecule has 3 rings (SSSR count). The Morgan fingerprint density at radius 1 is 1.24 bits per heavy atom. The molecule has 0 radical (unpaired) electrons. The minimum absolute atomic E-state index is 0.0227. The van der Waals surface area contributed by atoms with Gasteiger partial charge in [0.15, 0.2) is 18.2 Å². The van der Waals surface area contributed by atoms with Gasteiger partial charge < -0.3 is 15.8 Å². The second kappa shape index (κ2) is 9.84. The van der Waals surface area contributed by atoms with Crippen LogP contribution in [0.1, 0.15) is 18.4 Å². The number of carbonyl (C=O) groups excluding carboxylic acids is 2. The van der Waals surface area contributed by atoms with Crippen molar-refractivity contribution in [3.8, 4) is 5.75 Å². The van der Waals surface area contributed by atoms with E-state index in [-0.39, 0.29) is 30.1 Å². The zero-order valence-electron chi connectivity index (χ0n) is 15.9. The summed E-state index contributed by atoms with van der Waals surface area (Å²) in [6.07, 6.45) is 1.81. The molecule has 1 heterocycles. The number of ether oxygens (including phenoxy) is 1. The third kappa shape index (κ3) is 6.27. The van der Waals surface area contributed by atoms with Crippen molar-refractivity contribution in [2.75, 3.05) is 25.0 Å². The molecule has 1 saturated heterocycles. The fourth-order valence-electron chi connectivity index (χ4n) is 3.32. The van der Waals surface area contributed by atoms with Crippen LogP contribution < -0.4 is 15.8 Å². The SMILES string of the molecule is NC(=O)C1CCCN(Cc2ccc(NC(=O)COc3ccc(Br)cc3F)cc2)C1.